The quantitative estimate of drug-likeness (QED) is 0.708. The van der Waals surface area contributed by atoms with E-state index in [1.807, 2.05) is 0 Å². The van der Waals surface area contributed by atoms with Gasteiger partial charge in [-0.15, -0.1) is 0 Å². The first-order valence-corrected chi connectivity index (χ1v) is 5.34. The SMILES string of the molecule is CC1CC(CN)(SC(C)C)C1. The number of hydrogen-bond donors (Lipinski definition) is 1. The van der Waals surface area contributed by atoms with Crippen LogP contribution in [0.15, 0.2) is 0 Å². The molecule has 0 aliphatic heterocycles. The third kappa shape index (κ3) is 2.12. The number of rotatable bonds is 3. The third-order valence-electron chi connectivity index (χ3n) is 2.30. The molecule has 1 saturated carbocycles. The smallest absolute Gasteiger partial charge is 0.0289 e. The molecule has 0 spiro atoms. The molecule has 1 fully saturated rings. The topological polar surface area (TPSA) is 26.0 Å². The molecule has 66 valence electrons. The Bertz CT molecular complexity index is 128. The van der Waals surface area contributed by atoms with Crippen molar-refractivity contribution >= 4 is 11.8 Å². The number of nitrogens with two attached hydrogens (primary N) is 1. The van der Waals surface area contributed by atoms with E-state index in [-0.39, 0.29) is 0 Å². The van der Waals surface area contributed by atoms with Crippen LogP contribution in [0, 0.1) is 5.92 Å². The summed E-state index contributed by atoms with van der Waals surface area (Å²) in [7, 11) is 0. The lowest BCUT2D eigenvalue weighted by molar-refractivity contribution is 0.256. The van der Waals surface area contributed by atoms with E-state index >= 15 is 0 Å². The Kier molecular flexibility index (Phi) is 2.87. The summed E-state index contributed by atoms with van der Waals surface area (Å²) < 4.78 is 0.452. The van der Waals surface area contributed by atoms with Crippen LogP contribution in [0.1, 0.15) is 33.6 Å². The molecular formula is C9H19NS. The maximum Gasteiger partial charge on any atom is 0.0289 e. The molecule has 0 saturated heterocycles. The summed E-state index contributed by atoms with van der Waals surface area (Å²) in [5.74, 6) is 0.907. The normalized spacial score (nSPS) is 37.4. The summed E-state index contributed by atoms with van der Waals surface area (Å²) in [5, 5.41) is 0.728. The van der Waals surface area contributed by atoms with Gasteiger partial charge in [0.1, 0.15) is 0 Å². The fourth-order valence-electron chi connectivity index (χ4n) is 2.02. The van der Waals surface area contributed by atoms with Gasteiger partial charge in [0.15, 0.2) is 0 Å². The van der Waals surface area contributed by atoms with E-state index in [0.29, 0.717) is 4.75 Å². The van der Waals surface area contributed by atoms with Gasteiger partial charge in [-0.1, -0.05) is 20.8 Å². The monoisotopic (exact) mass is 173 g/mol. The molecule has 1 rings (SSSR count). The van der Waals surface area contributed by atoms with Gasteiger partial charge in [-0.05, 0) is 24.0 Å². The molecule has 0 atom stereocenters. The van der Waals surface area contributed by atoms with Gasteiger partial charge in [-0.2, -0.15) is 11.8 Å². The van der Waals surface area contributed by atoms with Crippen LogP contribution in [0.3, 0.4) is 0 Å². The fraction of sp³-hybridized carbons (Fsp3) is 1.00. The highest BCUT2D eigenvalue weighted by atomic mass is 32.2. The Morgan fingerprint density at radius 3 is 2.36 bits per heavy atom. The maximum atomic E-state index is 5.76. The average molecular weight is 173 g/mol. The van der Waals surface area contributed by atoms with Crippen molar-refractivity contribution in [3.63, 3.8) is 0 Å². The first-order valence-electron chi connectivity index (χ1n) is 4.46. The van der Waals surface area contributed by atoms with Crippen molar-refractivity contribution in [3.8, 4) is 0 Å². The molecule has 1 aliphatic rings. The summed E-state index contributed by atoms with van der Waals surface area (Å²) in [6, 6.07) is 0. The van der Waals surface area contributed by atoms with Gasteiger partial charge in [0.05, 0.1) is 0 Å². The van der Waals surface area contributed by atoms with Crippen LogP contribution in [0.5, 0.6) is 0 Å². The Hall–Kier alpha value is 0.310. The molecule has 0 unspecified atom stereocenters. The van der Waals surface area contributed by atoms with Crippen LogP contribution in [0.2, 0.25) is 0 Å². The van der Waals surface area contributed by atoms with Crippen LogP contribution in [0.4, 0.5) is 0 Å². The van der Waals surface area contributed by atoms with E-state index in [4.69, 9.17) is 5.73 Å². The average Bonchev–Trinajstić information content (AvgIpc) is 1.82. The van der Waals surface area contributed by atoms with Crippen LogP contribution in [0.25, 0.3) is 0 Å². The van der Waals surface area contributed by atoms with Crippen molar-refractivity contribution in [3.05, 3.63) is 0 Å². The predicted molar refractivity (Wildman–Crippen MR) is 52.9 cm³/mol. The Labute approximate surface area is 74.1 Å². The van der Waals surface area contributed by atoms with Crippen molar-refractivity contribution in [2.45, 2.75) is 43.6 Å². The summed E-state index contributed by atoms with van der Waals surface area (Å²) >= 11 is 2.07. The minimum Gasteiger partial charge on any atom is -0.329 e. The number of thioether (sulfide) groups is 1. The largest absolute Gasteiger partial charge is 0.329 e. The second-order valence-electron chi connectivity index (χ2n) is 4.07. The van der Waals surface area contributed by atoms with Crippen molar-refractivity contribution in [2.24, 2.45) is 11.7 Å². The molecule has 0 aromatic rings. The van der Waals surface area contributed by atoms with Gasteiger partial charge in [-0.25, -0.2) is 0 Å². The second kappa shape index (κ2) is 3.36. The highest BCUT2D eigenvalue weighted by Crippen LogP contribution is 2.48. The summed E-state index contributed by atoms with van der Waals surface area (Å²) in [4.78, 5) is 0. The van der Waals surface area contributed by atoms with Gasteiger partial charge in [0.2, 0.25) is 0 Å². The first-order chi connectivity index (χ1) is 5.08. The summed E-state index contributed by atoms with van der Waals surface area (Å²) in [6.07, 6.45) is 2.65. The standard InChI is InChI=1S/C9H19NS/c1-7(2)11-9(6-10)4-8(3)5-9/h7-8H,4-6,10H2,1-3H3. The second-order valence-corrected chi connectivity index (χ2v) is 6.11. The molecule has 2 N–H and O–H groups in total. The Morgan fingerprint density at radius 2 is 2.09 bits per heavy atom. The molecule has 0 aromatic carbocycles. The number of hydrogen-bond acceptors (Lipinski definition) is 2. The lowest BCUT2D eigenvalue weighted by Crippen LogP contribution is -2.46. The van der Waals surface area contributed by atoms with Gasteiger partial charge in [0, 0.05) is 11.3 Å². The van der Waals surface area contributed by atoms with E-state index in [2.05, 4.69) is 32.5 Å². The van der Waals surface area contributed by atoms with E-state index in [1.165, 1.54) is 12.8 Å². The zero-order valence-corrected chi connectivity index (χ0v) is 8.58. The maximum absolute atomic E-state index is 5.76. The van der Waals surface area contributed by atoms with Crippen LogP contribution in [-0.4, -0.2) is 16.5 Å². The minimum absolute atomic E-state index is 0.452. The lowest BCUT2D eigenvalue weighted by Gasteiger charge is -2.46. The molecule has 0 radical (unpaired) electrons. The summed E-state index contributed by atoms with van der Waals surface area (Å²) in [5.41, 5.74) is 5.76. The molecule has 11 heavy (non-hydrogen) atoms. The Balaban J connectivity index is 2.38. The van der Waals surface area contributed by atoms with E-state index in [0.717, 1.165) is 17.7 Å². The third-order valence-corrected chi connectivity index (χ3v) is 3.77. The molecule has 1 nitrogen and oxygen atoms in total. The minimum atomic E-state index is 0.452. The highest BCUT2D eigenvalue weighted by molar-refractivity contribution is 8.01. The summed E-state index contributed by atoms with van der Waals surface area (Å²) in [6.45, 7) is 7.69. The van der Waals surface area contributed by atoms with E-state index in [9.17, 15) is 0 Å². The van der Waals surface area contributed by atoms with Crippen molar-refractivity contribution in [1.82, 2.24) is 0 Å². The van der Waals surface area contributed by atoms with Gasteiger partial charge < -0.3 is 5.73 Å². The molecule has 0 aromatic heterocycles. The zero-order chi connectivity index (χ0) is 8.48. The molecule has 0 heterocycles. The van der Waals surface area contributed by atoms with Crippen LogP contribution in [-0.2, 0) is 0 Å². The van der Waals surface area contributed by atoms with E-state index < -0.39 is 0 Å². The molecular weight excluding hydrogens is 154 g/mol. The first kappa shape index (κ1) is 9.40. The fourth-order valence-corrected chi connectivity index (χ4v) is 3.88. The molecule has 2 heteroatoms. The van der Waals surface area contributed by atoms with Crippen molar-refractivity contribution < 1.29 is 0 Å². The predicted octanol–water partition coefficient (Wildman–Crippen LogP) is 2.26. The van der Waals surface area contributed by atoms with Crippen LogP contribution < -0.4 is 5.73 Å². The molecule has 0 bridgehead atoms. The Morgan fingerprint density at radius 1 is 1.55 bits per heavy atom. The van der Waals surface area contributed by atoms with E-state index in [1.54, 1.807) is 0 Å². The van der Waals surface area contributed by atoms with Gasteiger partial charge >= 0.3 is 0 Å². The molecule has 0 amide bonds. The molecule has 1 aliphatic carbocycles. The zero-order valence-electron chi connectivity index (χ0n) is 7.76. The van der Waals surface area contributed by atoms with Gasteiger partial charge in [0.25, 0.3) is 0 Å². The highest BCUT2D eigenvalue weighted by Gasteiger charge is 2.41. The van der Waals surface area contributed by atoms with Gasteiger partial charge in [-0.3, -0.25) is 0 Å². The lowest BCUT2D eigenvalue weighted by atomic mass is 9.75. The van der Waals surface area contributed by atoms with Crippen molar-refractivity contribution in [2.75, 3.05) is 6.54 Å². The van der Waals surface area contributed by atoms with Crippen LogP contribution >= 0.6 is 11.8 Å². The van der Waals surface area contributed by atoms with Crippen molar-refractivity contribution in [1.29, 1.82) is 0 Å².